The molecule has 1 aromatic carbocycles. The largest absolute Gasteiger partial charge is 0.257 e. The van der Waals surface area contributed by atoms with Gasteiger partial charge in [-0.2, -0.15) is 4.68 Å². The van der Waals surface area contributed by atoms with Crippen LogP contribution >= 0.6 is 0 Å². The highest BCUT2D eigenvalue weighted by atomic mass is 15.4. The van der Waals surface area contributed by atoms with E-state index in [1.165, 1.54) is 22.2 Å². The highest BCUT2D eigenvalue weighted by Crippen LogP contribution is 2.18. The number of aryl methyl sites for hydroxylation is 3. The van der Waals surface area contributed by atoms with Gasteiger partial charge in [0.05, 0.1) is 18.1 Å². The average molecular weight is 252 g/mol. The standard InChI is InChI=1S/C16H18N3/c1-11-9-12(2)17-10-16(11)19-15-8-6-5-7-14(15)13(3)18(19)4/h5-10H,1-4H3/q+1. The number of hydrogen-bond acceptors (Lipinski definition) is 1. The van der Waals surface area contributed by atoms with Gasteiger partial charge in [-0.3, -0.25) is 4.98 Å². The topological polar surface area (TPSA) is 21.7 Å². The molecule has 0 aliphatic rings. The van der Waals surface area contributed by atoms with E-state index in [2.05, 4.69) is 65.6 Å². The van der Waals surface area contributed by atoms with Gasteiger partial charge in [0.1, 0.15) is 6.20 Å². The minimum absolute atomic E-state index is 1.05. The summed E-state index contributed by atoms with van der Waals surface area (Å²) in [4.78, 5) is 4.44. The Morgan fingerprint density at radius 2 is 1.84 bits per heavy atom. The van der Waals surface area contributed by atoms with Gasteiger partial charge in [0.15, 0.2) is 0 Å². The Balaban J connectivity index is 2.39. The van der Waals surface area contributed by atoms with Crippen molar-refractivity contribution in [2.75, 3.05) is 0 Å². The summed E-state index contributed by atoms with van der Waals surface area (Å²) < 4.78 is 4.41. The van der Waals surface area contributed by atoms with Crippen molar-refractivity contribution < 1.29 is 4.68 Å². The first kappa shape index (κ1) is 11.9. The summed E-state index contributed by atoms with van der Waals surface area (Å²) in [5.74, 6) is 0. The molecule has 2 aromatic heterocycles. The molecule has 3 rings (SSSR count). The molecule has 0 spiro atoms. The summed E-state index contributed by atoms with van der Waals surface area (Å²) in [6.45, 7) is 6.31. The molecule has 3 nitrogen and oxygen atoms in total. The molecular formula is C16H18N3+. The van der Waals surface area contributed by atoms with Gasteiger partial charge in [-0.15, -0.1) is 0 Å². The zero-order valence-corrected chi connectivity index (χ0v) is 11.8. The zero-order chi connectivity index (χ0) is 13.6. The van der Waals surface area contributed by atoms with Gasteiger partial charge in [-0.1, -0.05) is 16.8 Å². The van der Waals surface area contributed by atoms with Crippen LogP contribution in [0.15, 0.2) is 36.5 Å². The Hall–Kier alpha value is -2.16. The van der Waals surface area contributed by atoms with Gasteiger partial charge in [0.25, 0.3) is 5.69 Å². The van der Waals surface area contributed by atoms with Crippen LogP contribution in [0.4, 0.5) is 0 Å². The molecule has 0 bridgehead atoms. The molecule has 0 radical (unpaired) electrons. The fourth-order valence-electron chi connectivity index (χ4n) is 2.65. The van der Waals surface area contributed by atoms with Crippen molar-refractivity contribution in [3.8, 4) is 5.69 Å². The van der Waals surface area contributed by atoms with Crippen molar-refractivity contribution in [3.63, 3.8) is 0 Å². The molecule has 0 unspecified atom stereocenters. The molecule has 0 N–H and O–H groups in total. The third-order valence-corrected chi connectivity index (χ3v) is 3.76. The number of aromatic nitrogens is 3. The van der Waals surface area contributed by atoms with E-state index in [1.54, 1.807) is 0 Å². The summed E-state index contributed by atoms with van der Waals surface area (Å²) in [6, 6.07) is 10.6. The first-order chi connectivity index (χ1) is 9.09. The Morgan fingerprint density at radius 3 is 2.58 bits per heavy atom. The summed E-state index contributed by atoms with van der Waals surface area (Å²) in [5, 5.41) is 1.28. The van der Waals surface area contributed by atoms with Crippen molar-refractivity contribution in [1.29, 1.82) is 0 Å². The predicted molar refractivity (Wildman–Crippen MR) is 76.5 cm³/mol. The van der Waals surface area contributed by atoms with Crippen LogP contribution in [0.3, 0.4) is 0 Å². The number of fused-ring (bicyclic) bond motifs is 1. The second-order valence-corrected chi connectivity index (χ2v) is 5.05. The van der Waals surface area contributed by atoms with Gasteiger partial charge < -0.3 is 0 Å². The molecular weight excluding hydrogens is 234 g/mol. The molecule has 96 valence electrons. The Bertz CT molecular complexity index is 769. The summed E-state index contributed by atoms with van der Waals surface area (Å²) in [5.41, 5.74) is 5.91. The lowest BCUT2D eigenvalue weighted by Gasteiger charge is -2.02. The monoisotopic (exact) mass is 252 g/mol. The summed E-state index contributed by atoms with van der Waals surface area (Å²) in [7, 11) is 2.09. The fourth-order valence-corrected chi connectivity index (χ4v) is 2.65. The van der Waals surface area contributed by atoms with Gasteiger partial charge in [0, 0.05) is 17.3 Å². The number of pyridine rings is 1. The minimum Gasteiger partial charge on any atom is -0.255 e. The quantitative estimate of drug-likeness (QED) is 0.610. The van der Waals surface area contributed by atoms with E-state index in [4.69, 9.17) is 0 Å². The number of benzene rings is 1. The van der Waals surface area contributed by atoms with Crippen LogP contribution in [0.5, 0.6) is 0 Å². The van der Waals surface area contributed by atoms with E-state index < -0.39 is 0 Å². The van der Waals surface area contributed by atoms with Crippen molar-refractivity contribution in [2.45, 2.75) is 20.8 Å². The van der Waals surface area contributed by atoms with Crippen LogP contribution < -0.4 is 4.68 Å². The zero-order valence-electron chi connectivity index (χ0n) is 11.8. The van der Waals surface area contributed by atoms with E-state index in [0.717, 1.165) is 11.4 Å². The van der Waals surface area contributed by atoms with Crippen molar-refractivity contribution in [3.05, 3.63) is 53.5 Å². The van der Waals surface area contributed by atoms with Gasteiger partial charge >= 0.3 is 0 Å². The second kappa shape index (κ2) is 4.19. The Kier molecular flexibility index (Phi) is 2.63. The molecule has 0 amide bonds. The smallest absolute Gasteiger partial charge is 0.255 e. The first-order valence-electron chi connectivity index (χ1n) is 6.49. The molecule has 0 atom stereocenters. The third kappa shape index (κ3) is 1.73. The van der Waals surface area contributed by atoms with Crippen molar-refractivity contribution in [2.24, 2.45) is 7.05 Å². The van der Waals surface area contributed by atoms with E-state index in [9.17, 15) is 0 Å². The molecule has 0 aliphatic carbocycles. The van der Waals surface area contributed by atoms with Gasteiger partial charge in [-0.05, 0) is 32.9 Å². The molecule has 0 aliphatic heterocycles. The van der Waals surface area contributed by atoms with Gasteiger partial charge in [0.2, 0.25) is 5.52 Å². The number of nitrogens with zero attached hydrogens (tertiary/aromatic N) is 3. The van der Waals surface area contributed by atoms with Gasteiger partial charge in [-0.25, -0.2) is 0 Å². The molecule has 0 saturated carbocycles. The average Bonchev–Trinajstić information content (AvgIpc) is 2.64. The van der Waals surface area contributed by atoms with Crippen LogP contribution in [0.2, 0.25) is 0 Å². The molecule has 19 heavy (non-hydrogen) atoms. The second-order valence-electron chi connectivity index (χ2n) is 5.05. The summed E-state index contributed by atoms with van der Waals surface area (Å²) in [6.07, 6.45) is 1.95. The number of rotatable bonds is 1. The van der Waals surface area contributed by atoms with Crippen LogP contribution in [0, 0.1) is 20.8 Å². The van der Waals surface area contributed by atoms with Crippen LogP contribution in [-0.2, 0) is 7.05 Å². The van der Waals surface area contributed by atoms with Crippen LogP contribution in [0.1, 0.15) is 17.0 Å². The van der Waals surface area contributed by atoms with Crippen LogP contribution in [0.25, 0.3) is 16.6 Å². The third-order valence-electron chi connectivity index (χ3n) is 3.76. The maximum absolute atomic E-state index is 4.44. The Morgan fingerprint density at radius 1 is 1.11 bits per heavy atom. The van der Waals surface area contributed by atoms with Crippen molar-refractivity contribution in [1.82, 2.24) is 9.67 Å². The molecule has 3 heteroatoms. The molecule has 0 fully saturated rings. The van der Waals surface area contributed by atoms with E-state index in [-0.39, 0.29) is 0 Å². The summed E-state index contributed by atoms with van der Waals surface area (Å²) >= 11 is 0. The lowest BCUT2D eigenvalue weighted by Crippen LogP contribution is -2.40. The predicted octanol–water partition coefficient (Wildman–Crippen LogP) is 2.78. The fraction of sp³-hybridized carbons (Fsp3) is 0.250. The van der Waals surface area contributed by atoms with Crippen molar-refractivity contribution >= 4 is 10.9 Å². The highest BCUT2D eigenvalue weighted by molar-refractivity contribution is 5.78. The lowest BCUT2D eigenvalue weighted by atomic mass is 10.2. The lowest BCUT2D eigenvalue weighted by molar-refractivity contribution is -0.659. The molecule has 3 aromatic rings. The van der Waals surface area contributed by atoms with Crippen LogP contribution in [-0.4, -0.2) is 9.67 Å². The maximum atomic E-state index is 4.44. The minimum atomic E-state index is 1.05. The number of hydrogen-bond donors (Lipinski definition) is 0. The van der Waals surface area contributed by atoms with E-state index >= 15 is 0 Å². The van der Waals surface area contributed by atoms with E-state index in [1.807, 2.05) is 13.1 Å². The SMILES string of the molecule is Cc1cc(C)c(-[n+]2c3ccccc3c(C)n2C)cn1. The normalized spacial score (nSPS) is 11.2. The number of para-hydroxylation sites is 1. The Labute approximate surface area is 113 Å². The first-order valence-corrected chi connectivity index (χ1v) is 6.49. The molecule has 0 saturated heterocycles. The maximum Gasteiger partial charge on any atom is 0.257 e. The molecule has 2 heterocycles. The highest BCUT2D eigenvalue weighted by Gasteiger charge is 2.23. The van der Waals surface area contributed by atoms with E-state index in [0.29, 0.717) is 0 Å².